The Morgan fingerprint density at radius 2 is 1.92 bits per heavy atom. The van der Waals surface area contributed by atoms with Gasteiger partial charge in [-0.2, -0.15) is 13.2 Å². The molecule has 0 radical (unpaired) electrons. The lowest BCUT2D eigenvalue weighted by Gasteiger charge is -2.21. The zero-order valence-corrected chi connectivity index (χ0v) is 13.7. The topological polar surface area (TPSA) is 62.7 Å². The first-order chi connectivity index (χ1) is 12.4. The van der Waals surface area contributed by atoms with Gasteiger partial charge in [-0.3, -0.25) is 4.98 Å². The summed E-state index contributed by atoms with van der Waals surface area (Å²) in [5.41, 5.74) is 0.169. The Balaban J connectivity index is 2.01. The second kappa shape index (κ2) is 7.20. The Morgan fingerprint density at radius 1 is 1.12 bits per heavy atom. The minimum Gasteiger partial charge on any atom is -0.360 e. The fourth-order valence-corrected chi connectivity index (χ4v) is 2.60. The van der Waals surface area contributed by atoms with Gasteiger partial charge in [0.2, 0.25) is 0 Å². The summed E-state index contributed by atoms with van der Waals surface area (Å²) in [4.78, 5) is 12.4. The van der Waals surface area contributed by atoms with E-state index in [1.54, 1.807) is 25.4 Å². The van der Waals surface area contributed by atoms with Crippen LogP contribution in [0, 0.1) is 5.82 Å². The molecular formula is C17H15F4N5. The highest BCUT2D eigenvalue weighted by Crippen LogP contribution is 2.32. The van der Waals surface area contributed by atoms with Crippen LogP contribution in [-0.4, -0.2) is 28.5 Å². The number of rotatable bonds is 5. The number of fused-ring (bicyclic) bond motifs is 1. The maximum atomic E-state index is 13.8. The van der Waals surface area contributed by atoms with Crippen LogP contribution in [0.25, 0.3) is 11.0 Å². The zero-order valence-electron chi connectivity index (χ0n) is 13.7. The number of pyridine rings is 1. The fourth-order valence-electron chi connectivity index (χ4n) is 2.60. The molecule has 136 valence electrons. The van der Waals surface area contributed by atoms with Gasteiger partial charge in [-0.15, -0.1) is 0 Å². The van der Waals surface area contributed by atoms with Crippen LogP contribution in [0.15, 0.2) is 42.9 Å². The Labute approximate surface area is 146 Å². The number of halogens is 4. The van der Waals surface area contributed by atoms with Crippen molar-refractivity contribution in [2.75, 3.05) is 18.9 Å². The maximum Gasteiger partial charge on any atom is 0.416 e. The van der Waals surface area contributed by atoms with Crippen molar-refractivity contribution in [3.63, 3.8) is 0 Å². The fraction of sp³-hybridized carbons (Fsp3) is 0.235. The van der Waals surface area contributed by atoms with Gasteiger partial charge in [-0.1, -0.05) is 0 Å². The van der Waals surface area contributed by atoms with Crippen molar-refractivity contribution in [3.8, 4) is 0 Å². The summed E-state index contributed by atoms with van der Waals surface area (Å²) < 4.78 is 52.8. The lowest BCUT2D eigenvalue weighted by molar-refractivity contribution is -0.137. The number of hydrogen-bond acceptors (Lipinski definition) is 5. The van der Waals surface area contributed by atoms with Gasteiger partial charge < -0.3 is 10.6 Å². The molecule has 1 aromatic carbocycles. The molecule has 0 spiro atoms. The Kier molecular flexibility index (Phi) is 4.99. The molecule has 2 N–H and O–H groups in total. The molecule has 0 aliphatic heterocycles. The molecular weight excluding hydrogens is 350 g/mol. The highest BCUT2D eigenvalue weighted by molar-refractivity contribution is 5.84. The van der Waals surface area contributed by atoms with Gasteiger partial charge in [0, 0.05) is 12.7 Å². The maximum absolute atomic E-state index is 13.8. The van der Waals surface area contributed by atoms with Gasteiger partial charge in [0.15, 0.2) is 5.82 Å². The lowest BCUT2D eigenvalue weighted by Crippen LogP contribution is -2.25. The van der Waals surface area contributed by atoms with Crippen LogP contribution in [0.3, 0.4) is 0 Å². The number of aromatic nitrogens is 3. The molecule has 0 aliphatic rings. The van der Waals surface area contributed by atoms with Crippen LogP contribution in [0.2, 0.25) is 0 Å². The molecule has 1 atom stereocenters. The smallest absolute Gasteiger partial charge is 0.360 e. The number of anilines is 1. The molecule has 0 amide bonds. The zero-order chi connectivity index (χ0) is 18.7. The Morgan fingerprint density at radius 3 is 2.65 bits per heavy atom. The number of likely N-dealkylation sites (N-methyl/N-ethyl adjacent to an activating group) is 1. The minimum absolute atomic E-state index is 0.148. The number of benzene rings is 1. The Bertz CT molecular complexity index is 908. The van der Waals surface area contributed by atoms with E-state index in [-0.39, 0.29) is 12.1 Å². The molecule has 9 heteroatoms. The van der Waals surface area contributed by atoms with Crippen molar-refractivity contribution < 1.29 is 17.6 Å². The summed E-state index contributed by atoms with van der Waals surface area (Å²) in [6.07, 6.45) is -1.74. The van der Waals surface area contributed by atoms with E-state index in [0.717, 1.165) is 12.1 Å². The predicted molar refractivity (Wildman–Crippen MR) is 89.0 cm³/mol. The van der Waals surface area contributed by atoms with Crippen LogP contribution in [0.1, 0.15) is 17.2 Å². The van der Waals surface area contributed by atoms with Gasteiger partial charge in [-0.05, 0) is 42.9 Å². The second-order valence-electron chi connectivity index (χ2n) is 5.62. The second-order valence-corrected chi connectivity index (χ2v) is 5.62. The molecule has 0 unspecified atom stereocenters. The van der Waals surface area contributed by atoms with Gasteiger partial charge >= 0.3 is 6.18 Å². The van der Waals surface area contributed by atoms with Gasteiger partial charge in [-0.25, -0.2) is 14.4 Å². The van der Waals surface area contributed by atoms with Gasteiger partial charge in [0.05, 0.1) is 17.1 Å². The van der Waals surface area contributed by atoms with Crippen LogP contribution in [0.4, 0.5) is 23.4 Å². The van der Waals surface area contributed by atoms with Crippen LogP contribution >= 0.6 is 0 Å². The summed E-state index contributed by atoms with van der Waals surface area (Å²) in [5.74, 6) is -0.600. The average molecular weight is 365 g/mol. The standard InChI is InChI=1S/C17H15F4N5/c1-22-8-14(10-5-11(17(19,20)21)7-12(18)6-10)26-16-15-13(24-9-25-16)3-2-4-23-15/h2-7,9,14,22H,8H2,1H3,(H,24,25,26)/t14-/m1/s1. The summed E-state index contributed by atoms with van der Waals surface area (Å²) in [6, 6.07) is 5.27. The summed E-state index contributed by atoms with van der Waals surface area (Å²) in [6.45, 7) is 0.249. The largest absolute Gasteiger partial charge is 0.416 e. The molecule has 0 saturated heterocycles. The normalized spacial score (nSPS) is 13.0. The van der Waals surface area contributed by atoms with Gasteiger partial charge in [0.25, 0.3) is 0 Å². The average Bonchev–Trinajstić information content (AvgIpc) is 2.60. The van der Waals surface area contributed by atoms with Crippen molar-refractivity contribution in [3.05, 3.63) is 59.8 Å². The van der Waals surface area contributed by atoms with Crippen molar-refractivity contribution in [2.24, 2.45) is 0 Å². The van der Waals surface area contributed by atoms with Crippen molar-refractivity contribution >= 4 is 16.9 Å². The molecule has 26 heavy (non-hydrogen) atoms. The van der Waals surface area contributed by atoms with Crippen LogP contribution in [0.5, 0.6) is 0 Å². The lowest BCUT2D eigenvalue weighted by atomic mass is 10.0. The van der Waals surface area contributed by atoms with E-state index in [9.17, 15) is 17.6 Å². The van der Waals surface area contributed by atoms with E-state index < -0.39 is 23.6 Å². The van der Waals surface area contributed by atoms with Crippen molar-refractivity contribution in [1.82, 2.24) is 20.3 Å². The summed E-state index contributed by atoms with van der Waals surface area (Å²) in [5, 5.41) is 5.92. The number of nitrogens with zero attached hydrogens (tertiary/aromatic N) is 3. The first-order valence-electron chi connectivity index (χ1n) is 7.73. The number of hydrogen-bond donors (Lipinski definition) is 2. The van der Waals surface area contributed by atoms with E-state index in [1.807, 2.05) is 0 Å². The minimum atomic E-state index is -4.63. The Hall–Kier alpha value is -2.81. The molecule has 2 aromatic heterocycles. The molecule has 3 rings (SSSR count). The van der Waals surface area contributed by atoms with E-state index in [0.29, 0.717) is 22.9 Å². The van der Waals surface area contributed by atoms with E-state index >= 15 is 0 Å². The molecule has 2 heterocycles. The van der Waals surface area contributed by atoms with Gasteiger partial charge in [0.1, 0.15) is 17.7 Å². The highest BCUT2D eigenvalue weighted by atomic mass is 19.4. The van der Waals surface area contributed by atoms with Crippen molar-refractivity contribution in [1.29, 1.82) is 0 Å². The molecule has 3 aromatic rings. The third-order valence-corrected chi connectivity index (χ3v) is 3.76. The molecule has 0 bridgehead atoms. The first kappa shape index (κ1) is 18.0. The van der Waals surface area contributed by atoms with E-state index in [2.05, 4.69) is 25.6 Å². The summed E-state index contributed by atoms with van der Waals surface area (Å²) >= 11 is 0. The highest BCUT2D eigenvalue weighted by Gasteiger charge is 2.32. The molecule has 0 aliphatic carbocycles. The summed E-state index contributed by atoms with van der Waals surface area (Å²) in [7, 11) is 1.65. The number of nitrogens with one attached hydrogen (secondary N) is 2. The quantitative estimate of drug-likeness (QED) is 0.677. The third kappa shape index (κ3) is 3.88. The van der Waals surface area contributed by atoms with Crippen LogP contribution in [-0.2, 0) is 6.18 Å². The number of alkyl halides is 3. The molecule has 0 saturated carbocycles. The predicted octanol–water partition coefficient (Wildman–Crippen LogP) is 3.56. The molecule has 5 nitrogen and oxygen atoms in total. The SMILES string of the molecule is CNC[C@@H](Nc1ncnc2cccnc12)c1cc(F)cc(C(F)(F)F)c1. The first-order valence-corrected chi connectivity index (χ1v) is 7.73. The van der Waals surface area contributed by atoms with E-state index in [1.165, 1.54) is 6.33 Å². The van der Waals surface area contributed by atoms with Crippen molar-refractivity contribution in [2.45, 2.75) is 12.2 Å². The van der Waals surface area contributed by atoms with E-state index in [4.69, 9.17) is 0 Å². The third-order valence-electron chi connectivity index (χ3n) is 3.76. The monoisotopic (exact) mass is 365 g/mol. The molecule has 0 fully saturated rings. The van der Waals surface area contributed by atoms with Crippen LogP contribution < -0.4 is 10.6 Å².